The minimum atomic E-state index is -3.27. The Morgan fingerprint density at radius 1 is 1.43 bits per heavy atom. The van der Waals surface area contributed by atoms with Gasteiger partial charge in [-0.1, -0.05) is 27.2 Å². The molecule has 0 radical (unpaired) electrons. The van der Waals surface area contributed by atoms with Crippen molar-refractivity contribution in [3.8, 4) is 0 Å². The van der Waals surface area contributed by atoms with Crippen molar-refractivity contribution in [2.24, 2.45) is 0 Å². The number of halogens is 1. The molecule has 0 aromatic carbocycles. The maximum absolute atomic E-state index is 13.1. The number of alkyl halides is 1. The van der Waals surface area contributed by atoms with Crippen LogP contribution in [0, 0.1) is 0 Å². The third-order valence-corrected chi connectivity index (χ3v) is 8.29. The van der Waals surface area contributed by atoms with Gasteiger partial charge in [0.1, 0.15) is 0 Å². The monoisotopic (exact) mass is 358 g/mol. The first-order chi connectivity index (χ1) is 9.95. The number of carbonyl (C=O) groups is 1. The molecule has 0 heterocycles. The van der Waals surface area contributed by atoms with Crippen molar-refractivity contribution < 1.29 is 13.9 Å². The second-order valence-corrected chi connectivity index (χ2v) is 9.70. The van der Waals surface area contributed by atoms with Crippen molar-refractivity contribution in [2.45, 2.75) is 52.2 Å². The fraction of sp³-hybridized carbons (Fsp3) is 0.923. The zero-order valence-electron chi connectivity index (χ0n) is 13.4. The molecule has 2 amide bonds. The Bertz CT molecular complexity index is 347. The van der Waals surface area contributed by atoms with Crippen LogP contribution in [-0.4, -0.2) is 41.5 Å². The zero-order valence-corrected chi connectivity index (χ0v) is 15.9. The van der Waals surface area contributed by atoms with Gasteiger partial charge in [0.05, 0.1) is 6.61 Å². The van der Waals surface area contributed by atoms with Gasteiger partial charge in [0.2, 0.25) is 0 Å². The molecule has 0 saturated heterocycles. The van der Waals surface area contributed by atoms with Crippen molar-refractivity contribution in [3.63, 3.8) is 0 Å². The van der Waals surface area contributed by atoms with Crippen LogP contribution in [0.4, 0.5) is 4.79 Å². The van der Waals surface area contributed by atoms with Crippen LogP contribution in [0.2, 0.25) is 0 Å². The lowest BCUT2D eigenvalue weighted by atomic mass is 10.3. The lowest BCUT2D eigenvalue weighted by Crippen LogP contribution is -2.39. The second kappa shape index (κ2) is 11.6. The van der Waals surface area contributed by atoms with Crippen LogP contribution in [0.5, 0.6) is 0 Å². The summed E-state index contributed by atoms with van der Waals surface area (Å²) in [5.74, 6) is 0.222. The molecule has 0 aliphatic heterocycles. The number of hydrogen-bond donors (Lipinski definition) is 1. The van der Waals surface area contributed by atoms with Crippen LogP contribution in [0.3, 0.4) is 0 Å². The molecular weight excluding hydrogens is 331 g/mol. The van der Waals surface area contributed by atoms with Crippen molar-refractivity contribution in [2.75, 3.05) is 25.6 Å². The molecule has 21 heavy (non-hydrogen) atoms. The summed E-state index contributed by atoms with van der Waals surface area (Å²) in [6.07, 6.45) is 2.73. The standard InChI is InChI=1S/C13H28ClN2O3PS/c1-5-8-10-15-13(17)16(11-9-14)20(18,19-7-3)21-12(4)6-2/h12H,5-11H2,1-4H3,(H,15,17). The summed E-state index contributed by atoms with van der Waals surface area (Å²) < 4.78 is 19.8. The topological polar surface area (TPSA) is 58.6 Å². The fourth-order valence-electron chi connectivity index (χ4n) is 1.50. The highest BCUT2D eigenvalue weighted by Gasteiger charge is 2.37. The Balaban J connectivity index is 5.03. The molecule has 126 valence electrons. The van der Waals surface area contributed by atoms with E-state index in [0.717, 1.165) is 19.3 Å². The molecule has 0 spiro atoms. The summed E-state index contributed by atoms with van der Waals surface area (Å²) in [5.41, 5.74) is 0. The highest BCUT2D eigenvalue weighted by Crippen LogP contribution is 2.64. The summed E-state index contributed by atoms with van der Waals surface area (Å²) in [7, 11) is 0. The number of carbonyl (C=O) groups excluding carboxylic acids is 1. The summed E-state index contributed by atoms with van der Waals surface area (Å²) >= 11 is 7.00. The van der Waals surface area contributed by atoms with Crippen LogP contribution in [-0.2, 0) is 9.09 Å². The molecule has 0 bridgehead atoms. The number of nitrogens with zero attached hydrogens (tertiary/aromatic N) is 1. The van der Waals surface area contributed by atoms with Crippen LogP contribution in [0.1, 0.15) is 47.0 Å². The van der Waals surface area contributed by atoms with Crippen molar-refractivity contribution in [1.82, 2.24) is 9.99 Å². The van der Waals surface area contributed by atoms with E-state index in [9.17, 15) is 9.36 Å². The van der Waals surface area contributed by atoms with E-state index in [1.54, 1.807) is 6.92 Å². The van der Waals surface area contributed by atoms with Crippen LogP contribution in [0.25, 0.3) is 0 Å². The maximum atomic E-state index is 13.1. The van der Waals surface area contributed by atoms with Crippen LogP contribution >= 0.6 is 29.7 Å². The lowest BCUT2D eigenvalue weighted by molar-refractivity contribution is 0.216. The van der Waals surface area contributed by atoms with E-state index < -0.39 is 6.72 Å². The van der Waals surface area contributed by atoms with E-state index in [1.165, 1.54) is 16.1 Å². The Labute approximate surface area is 137 Å². The molecule has 0 saturated carbocycles. The Morgan fingerprint density at radius 3 is 2.57 bits per heavy atom. The Morgan fingerprint density at radius 2 is 2.10 bits per heavy atom. The minimum Gasteiger partial charge on any atom is -0.338 e. The summed E-state index contributed by atoms with van der Waals surface area (Å²) in [6.45, 7) is 5.61. The number of amides is 2. The molecule has 0 aromatic rings. The predicted molar refractivity (Wildman–Crippen MR) is 92.3 cm³/mol. The van der Waals surface area contributed by atoms with Gasteiger partial charge in [0.15, 0.2) is 0 Å². The molecule has 2 unspecified atom stereocenters. The average molecular weight is 359 g/mol. The molecule has 0 aliphatic carbocycles. The lowest BCUT2D eigenvalue weighted by Gasteiger charge is -2.31. The third-order valence-electron chi connectivity index (χ3n) is 2.81. The van der Waals surface area contributed by atoms with Gasteiger partial charge in [-0.25, -0.2) is 9.46 Å². The first kappa shape index (κ1) is 21.1. The van der Waals surface area contributed by atoms with Crippen molar-refractivity contribution in [3.05, 3.63) is 0 Å². The van der Waals surface area contributed by atoms with E-state index in [-0.39, 0.29) is 23.7 Å². The van der Waals surface area contributed by atoms with Crippen LogP contribution in [0.15, 0.2) is 0 Å². The van der Waals surface area contributed by atoms with Crippen LogP contribution < -0.4 is 5.32 Å². The first-order valence-electron chi connectivity index (χ1n) is 7.49. The number of urea groups is 1. The van der Waals surface area contributed by atoms with Gasteiger partial charge in [-0.3, -0.25) is 4.57 Å². The summed E-state index contributed by atoms with van der Waals surface area (Å²) in [5, 5.41) is 2.93. The minimum absolute atomic E-state index is 0.142. The summed E-state index contributed by atoms with van der Waals surface area (Å²) in [6, 6.07) is -0.364. The normalized spacial score (nSPS) is 15.3. The van der Waals surface area contributed by atoms with E-state index in [1.807, 2.05) is 20.8 Å². The number of unbranched alkanes of at least 4 members (excludes halogenated alkanes) is 1. The second-order valence-electron chi connectivity index (χ2n) is 4.61. The van der Waals surface area contributed by atoms with Crippen molar-refractivity contribution >= 4 is 35.7 Å². The molecule has 1 N–H and O–H groups in total. The third kappa shape index (κ3) is 7.78. The molecule has 0 aliphatic rings. The number of nitrogens with one attached hydrogen (secondary N) is 1. The predicted octanol–water partition coefficient (Wildman–Crippen LogP) is 4.71. The van der Waals surface area contributed by atoms with Gasteiger partial charge < -0.3 is 9.84 Å². The first-order valence-corrected chi connectivity index (χ1v) is 11.1. The number of hydrogen-bond acceptors (Lipinski definition) is 4. The quantitative estimate of drug-likeness (QED) is 0.330. The largest absolute Gasteiger partial charge is 0.357 e. The fourth-order valence-corrected chi connectivity index (χ4v) is 6.79. The average Bonchev–Trinajstić information content (AvgIpc) is 2.44. The smallest absolute Gasteiger partial charge is 0.338 e. The van der Waals surface area contributed by atoms with Gasteiger partial charge in [0.25, 0.3) is 0 Å². The van der Waals surface area contributed by atoms with E-state index in [0.29, 0.717) is 13.2 Å². The van der Waals surface area contributed by atoms with Gasteiger partial charge in [-0.15, -0.1) is 11.6 Å². The highest BCUT2D eigenvalue weighted by atomic mass is 35.5. The SMILES string of the molecule is CCCCNC(=O)N(CCCl)P(=O)(OCC)SC(C)CC. The Hall–Kier alpha value is 0.100. The number of rotatable bonds is 11. The van der Waals surface area contributed by atoms with Gasteiger partial charge in [0, 0.05) is 24.2 Å². The van der Waals surface area contributed by atoms with E-state index in [4.69, 9.17) is 16.1 Å². The molecule has 8 heteroatoms. The Kier molecular flexibility index (Phi) is 11.7. The maximum Gasteiger partial charge on any atom is 0.357 e. The van der Waals surface area contributed by atoms with Crippen molar-refractivity contribution in [1.29, 1.82) is 0 Å². The highest BCUT2D eigenvalue weighted by molar-refractivity contribution is 8.56. The molecular formula is C13H28ClN2O3PS. The van der Waals surface area contributed by atoms with Gasteiger partial charge >= 0.3 is 12.8 Å². The van der Waals surface area contributed by atoms with Gasteiger partial charge in [-0.2, -0.15) is 0 Å². The van der Waals surface area contributed by atoms with E-state index in [2.05, 4.69) is 5.32 Å². The van der Waals surface area contributed by atoms with Gasteiger partial charge in [-0.05, 0) is 31.1 Å². The molecule has 0 aromatic heterocycles. The summed E-state index contributed by atoms with van der Waals surface area (Å²) in [4.78, 5) is 12.3. The molecule has 0 rings (SSSR count). The molecule has 0 fully saturated rings. The molecule has 5 nitrogen and oxygen atoms in total. The zero-order chi connectivity index (χ0) is 16.3. The van der Waals surface area contributed by atoms with E-state index >= 15 is 0 Å². The molecule has 2 atom stereocenters.